The van der Waals surface area contributed by atoms with Crippen molar-refractivity contribution in [3.8, 4) is 5.75 Å². The van der Waals surface area contributed by atoms with Crippen LogP contribution in [0.5, 0.6) is 5.75 Å². The van der Waals surface area contributed by atoms with E-state index >= 15 is 0 Å². The van der Waals surface area contributed by atoms with Gasteiger partial charge in [0.25, 0.3) is 5.91 Å². The molecular formula is C23H26BrCl3N2O3. The summed E-state index contributed by atoms with van der Waals surface area (Å²) in [7, 11) is 0. The molecule has 174 valence electrons. The first-order chi connectivity index (χ1) is 14.9. The van der Waals surface area contributed by atoms with E-state index < -0.39 is 11.6 Å². The maximum atomic E-state index is 13.2. The first kappa shape index (κ1) is 26.8. The fourth-order valence-electron chi connectivity index (χ4n) is 3.02. The Bertz CT molecular complexity index is 979. The van der Waals surface area contributed by atoms with E-state index in [1.54, 1.807) is 36.4 Å². The number of nitrogens with zero attached hydrogens (tertiary/aromatic N) is 1. The first-order valence-corrected chi connectivity index (χ1v) is 12.0. The van der Waals surface area contributed by atoms with Gasteiger partial charge in [-0.25, -0.2) is 0 Å². The summed E-state index contributed by atoms with van der Waals surface area (Å²) >= 11 is 21.5. The van der Waals surface area contributed by atoms with Gasteiger partial charge in [0.1, 0.15) is 11.8 Å². The van der Waals surface area contributed by atoms with Crippen LogP contribution in [-0.4, -0.2) is 34.9 Å². The number of carbonyl (C=O) groups excluding carboxylic acids is 2. The van der Waals surface area contributed by atoms with E-state index in [2.05, 4.69) is 21.2 Å². The molecule has 32 heavy (non-hydrogen) atoms. The van der Waals surface area contributed by atoms with Gasteiger partial charge in [-0.15, -0.1) is 0 Å². The van der Waals surface area contributed by atoms with Crippen molar-refractivity contribution in [3.63, 3.8) is 0 Å². The minimum Gasteiger partial charge on any atom is -0.483 e. The van der Waals surface area contributed by atoms with E-state index in [-0.39, 0.29) is 25.0 Å². The molecule has 0 saturated heterocycles. The zero-order valence-corrected chi connectivity index (χ0v) is 22.2. The standard InChI is InChI=1S/C23H26BrCl3N2O3/c1-5-19(22(31)28-23(2,3)4)29(12-14-6-8-17(26)18(27)10-14)21(30)13-32-20-9-7-15(25)11-16(20)24/h6-11,19H,5,12-13H2,1-4H3,(H,28,31). The summed E-state index contributed by atoms with van der Waals surface area (Å²) in [4.78, 5) is 27.7. The molecule has 0 saturated carbocycles. The number of benzene rings is 2. The Balaban J connectivity index is 2.29. The quantitative estimate of drug-likeness (QED) is 0.398. The predicted molar refractivity (Wildman–Crippen MR) is 134 cm³/mol. The Kier molecular flexibility index (Phi) is 9.70. The molecule has 2 aromatic rings. The van der Waals surface area contributed by atoms with Crippen molar-refractivity contribution in [2.24, 2.45) is 0 Å². The van der Waals surface area contributed by atoms with E-state index in [9.17, 15) is 9.59 Å². The third-order valence-corrected chi connectivity index (χ3v) is 6.06. The average Bonchev–Trinajstić information content (AvgIpc) is 2.68. The summed E-state index contributed by atoms with van der Waals surface area (Å²) in [6.07, 6.45) is 0.430. The Labute approximate surface area is 212 Å². The third kappa shape index (κ3) is 7.84. The van der Waals surface area contributed by atoms with E-state index in [0.717, 1.165) is 5.56 Å². The van der Waals surface area contributed by atoms with Gasteiger partial charge < -0.3 is 15.0 Å². The molecule has 1 unspecified atom stereocenters. The molecule has 2 amide bonds. The van der Waals surface area contributed by atoms with Gasteiger partial charge in [-0.2, -0.15) is 0 Å². The molecular weight excluding hydrogens is 539 g/mol. The molecule has 0 spiro atoms. The van der Waals surface area contributed by atoms with E-state index in [1.807, 2.05) is 27.7 Å². The Morgan fingerprint density at radius 3 is 2.34 bits per heavy atom. The van der Waals surface area contributed by atoms with Gasteiger partial charge in [0.15, 0.2) is 6.61 Å². The van der Waals surface area contributed by atoms with E-state index in [4.69, 9.17) is 39.5 Å². The molecule has 0 aromatic heterocycles. The first-order valence-electron chi connectivity index (χ1n) is 10.0. The zero-order chi connectivity index (χ0) is 24.1. The van der Waals surface area contributed by atoms with Gasteiger partial charge in [0.2, 0.25) is 5.91 Å². The minimum atomic E-state index is -0.687. The van der Waals surface area contributed by atoms with Gasteiger partial charge in [-0.1, -0.05) is 47.8 Å². The summed E-state index contributed by atoms with van der Waals surface area (Å²) in [5.74, 6) is -0.0978. The molecule has 0 fully saturated rings. The molecule has 2 aromatic carbocycles. The monoisotopic (exact) mass is 562 g/mol. The lowest BCUT2D eigenvalue weighted by atomic mass is 10.1. The van der Waals surface area contributed by atoms with Crippen molar-refractivity contribution in [2.75, 3.05) is 6.61 Å². The lowest BCUT2D eigenvalue weighted by molar-refractivity contribution is -0.143. The van der Waals surface area contributed by atoms with E-state index in [0.29, 0.717) is 31.7 Å². The van der Waals surface area contributed by atoms with Crippen LogP contribution in [0.3, 0.4) is 0 Å². The fraction of sp³-hybridized carbons (Fsp3) is 0.391. The van der Waals surface area contributed by atoms with Crippen LogP contribution in [0.15, 0.2) is 40.9 Å². The molecule has 0 heterocycles. The number of halogens is 4. The van der Waals surface area contributed by atoms with Gasteiger partial charge in [-0.05, 0) is 79.0 Å². The fourth-order valence-corrected chi connectivity index (χ4v) is 4.14. The SMILES string of the molecule is CCC(C(=O)NC(C)(C)C)N(Cc1ccc(Cl)c(Cl)c1)C(=O)COc1ccc(Cl)cc1Br. The van der Waals surface area contributed by atoms with Crippen molar-refractivity contribution in [1.29, 1.82) is 0 Å². The molecule has 9 heteroatoms. The van der Waals surface area contributed by atoms with Crippen LogP contribution in [0.2, 0.25) is 15.1 Å². The predicted octanol–water partition coefficient (Wildman–Crippen LogP) is 6.51. The summed E-state index contributed by atoms with van der Waals surface area (Å²) in [6.45, 7) is 7.47. The van der Waals surface area contributed by atoms with Gasteiger partial charge in [0, 0.05) is 17.1 Å². The minimum absolute atomic E-state index is 0.178. The van der Waals surface area contributed by atoms with Gasteiger partial charge >= 0.3 is 0 Å². The van der Waals surface area contributed by atoms with Gasteiger partial charge in [-0.3, -0.25) is 9.59 Å². The van der Waals surface area contributed by atoms with Crippen molar-refractivity contribution in [3.05, 3.63) is 61.5 Å². The van der Waals surface area contributed by atoms with Crippen molar-refractivity contribution >= 4 is 62.5 Å². The van der Waals surface area contributed by atoms with Crippen LogP contribution < -0.4 is 10.1 Å². The van der Waals surface area contributed by atoms with Crippen LogP contribution in [0, 0.1) is 0 Å². The lowest BCUT2D eigenvalue weighted by Crippen LogP contribution is -2.54. The highest BCUT2D eigenvalue weighted by Gasteiger charge is 2.31. The summed E-state index contributed by atoms with van der Waals surface area (Å²) in [6, 6.07) is 9.47. The topological polar surface area (TPSA) is 58.6 Å². The Hall–Kier alpha value is -1.47. The molecule has 5 nitrogen and oxygen atoms in total. The highest BCUT2D eigenvalue weighted by molar-refractivity contribution is 9.10. The summed E-state index contributed by atoms with van der Waals surface area (Å²) < 4.78 is 6.35. The van der Waals surface area contributed by atoms with Crippen molar-refractivity contribution < 1.29 is 14.3 Å². The molecule has 1 N–H and O–H groups in total. The summed E-state index contributed by atoms with van der Waals surface area (Å²) in [5.41, 5.74) is 0.315. The molecule has 0 aliphatic carbocycles. The number of hydrogen-bond donors (Lipinski definition) is 1. The smallest absolute Gasteiger partial charge is 0.261 e. The van der Waals surface area contributed by atoms with Crippen molar-refractivity contribution in [2.45, 2.75) is 52.2 Å². The van der Waals surface area contributed by atoms with E-state index in [1.165, 1.54) is 4.90 Å². The second-order valence-corrected chi connectivity index (χ2v) is 10.4. The van der Waals surface area contributed by atoms with Crippen LogP contribution >= 0.6 is 50.7 Å². The number of hydrogen-bond acceptors (Lipinski definition) is 3. The van der Waals surface area contributed by atoms with Gasteiger partial charge in [0.05, 0.1) is 14.5 Å². The Morgan fingerprint density at radius 2 is 1.78 bits per heavy atom. The van der Waals surface area contributed by atoms with Crippen LogP contribution in [-0.2, 0) is 16.1 Å². The number of ether oxygens (including phenoxy) is 1. The normalized spacial score (nSPS) is 12.2. The molecule has 0 aliphatic heterocycles. The molecule has 0 bridgehead atoms. The Morgan fingerprint density at radius 1 is 1.09 bits per heavy atom. The van der Waals surface area contributed by atoms with Crippen LogP contribution in [0.25, 0.3) is 0 Å². The zero-order valence-electron chi connectivity index (χ0n) is 18.3. The molecule has 2 rings (SSSR count). The maximum Gasteiger partial charge on any atom is 0.261 e. The molecule has 0 radical (unpaired) electrons. The average molecular weight is 565 g/mol. The number of nitrogens with one attached hydrogen (secondary N) is 1. The summed E-state index contributed by atoms with van der Waals surface area (Å²) in [5, 5.41) is 4.30. The molecule has 1 atom stereocenters. The number of carbonyl (C=O) groups is 2. The number of amides is 2. The second-order valence-electron chi connectivity index (χ2n) is 8.30. The van der Waals surface area contributed by atoms with Crippen LogP contribution in [0.4, 0.5) is 0 Å². The third-order valence-electron chi connectivity index (χ3n) is 4.47. The maximum absolute atomic E-state index is 13.2. The second kappa shape index (κ2) is 11.6. The molecule has 0 aliphatic rings. The highest BCUT2D eigenvalue weighted by Crippen LogP contribution is 2.28. The van der Waals surface area contributed by atoms with Crippen molar-refractivity contribution in [1.82, 2.24) is 10.2 Å². The largest absolute Gasteiger partial charge is 0.483 e. The number of rotatable bonds is 8. The van der Waals surface area contributed by atoms with Crippen LogP contribution in [0.1, 0.15) is 39.7 Å². The highest BCUT2D eigenvalue weighted by atomic mass is 79.9. The lowest BCUT2D eigenvalue weighted by Gasteiger charge is -2.33.